The molecule has 0 aromatic heterocycles. The van der Waals surface area contributed by atoms with E-state index < -0.39 is 0 Å². The number of unbranched alkanes of at least 4 members (excludes halogenated alkanes) is 1. The number of aliphatic hydroxyl groups excluding tert-OH is 1. The number of benzene rings is 2. The van der Waals surface area contributed by atoms with Crippen molar-refractivity contribution in [2.24, 2.45) is 0 Å². The average molecular weight is 498 g/mol. The molecule has 0 fully saturated rings. The van der Waals surface area contributed by atoms with Crippen molar-refractivity contribution in [1.82, 2.24) is 5.32 Å². The number of nitrogens with zero attached hydrogens (tertiary/aromatic N) is 1. The Morgan fingerprint density at radius 1 is 1.06 bits per heavy atom. The molecule has 2 aromatic rings. The van der Waals surface area contributed by atoms with Crippen LogP contribution in [0, 0.1) is 0 Å². The van der Waals surface area contributed by atoms with Gasteiger partial charge in [0.2, 0.25) is 0 Å². The number of ether oxygens (including phenoxy) is 1. The van der Waals surface area contributed by atoms with E-state index in [4.69, 9.17) is 9.84 Å². The van der Waals surface area contributed by atoms with Crippen molar-refractivity contribution >= 4 is 36.3 Å². The molecule has 0 amide bonds. The monoisotopic (exact) mass is 496 g/mol. The molecule has 7 heteroatoms. The summed E-state index contributed by atoms with van der Waals surface area (Å²) >= 11 is 0. The fraction of sp³-hybridized carbons (Fsp3) is 0.500. The van der Waals surface area contributed by atoms with Gasteiger partial charge >= 0.3 is 0 Å². The first-order valence-electron chi connectivity index (χ1n) is 11.6. The maximum absolute atomic E-state index is 12.6. The Labute approximate surface area is 210 Å². The van der Waals surface area contributed by atoms with Crippen LogP contribution in [0.1, 0.15) is 53.6 Å². The molecular weight excluding hydrogens is 459 g/mol. The van der Waals surface area contributed by atoms with E-state index in [1.54, 1.807) is 7.11 Å². The molecule has 2 N–H and O–H groups in total. The predicted octanol–water partition coefficient (Wildman–Crippen LogP) is 4.86. The second kappa shape index (κ2) is 15.9. The third kappa shape index (κ3) is 8.82. The number of aryl methyl sites for hydroxylation is 1. The summed E-state index contributed by atoms with van der Waals surface area (Å²) in [5.41, 5.74) is 4.58. The molecule has 0 saturated heterocycles. The molecule has 33 heavy (non-hydrogen) atoms. The molecule has 0 aliphatic carbocycles. The normalized spacial score (nSPS) is 12.0. The number of hydrogen-bond acceptors (Lipinski definition) is 5. The van der Waals surface area contributed by atoms with E-state index >= 15 is 0 Å². The van der Waals surface area contributed by atoms with Gasteiger partial charge in [-0.2, -0.15) is 0 Å². The standard InChI is InChI=1S/C26H36N2O3.2ClH/c1-31-26-11-3-2-8-21(26)9-6-16-27-15-5-4-10-25(30)23-12-13-24-22(20-23)14-18-28(24)17-7-19-29;;/h2-3,8,11-13,20,27,29H,4-7,9-10,14-19H2,1H3;2*1H. The van der Waals surface area contributed by atoms with E-state index in [0.29, 0.717) is 6.42 Å². The van der Waals surface area contributed by atoms with Crippen molar-refractivity contribution in [3.05, 3.63) is 59.2 Å². The van der Waals surface area contributed by atoms with Crippen LogP contribution in [-0.2, 0) is 12.8 Å². The largest absolute Gasteiger partial charge is 0.496 e. The fourth-order valence-corrected chi connectivity index (χ4v) is 4.26. The Hall–Kier alpha value is -1.79. The third-order valence-corrected chi connectivity index (χ3v) is 5.98. The lowest BCUT2D eigenvalue weighted by molar-refractivity contribution is 0.0979. The van der Waals surface area contributed by atoms with E-state index in [1.807, 2.05) is 18.2 Å². The van der Waals surface area contributed by atoms with Crippen LogP contribution < -0.4 is 15.0 Å². The van der Waals surface area contributed by atoms with Crippen LogP contribution in [0.4, 0.5) is 5.69 Å². The number of carbonyl (C=O) groups excluding carboxylic acids is 1. The zero-order valence-corrected chi connectivity index (χ0v) is 21.2. The van der Waals surface area contributed by atoms with Gasteiger partial charge in [0, 0.05) is 37.4 Å². The first-order chi connectivity index (χ1) is 15.2. The lowest BCUT2D eigenvalue weighted by Gasteiger charge is -2.18. The first kappa shape index (κ1) is 29.2. The summed E-state index contributed by atoms with van der Waals surface area (Å²) in [6, 6.07) is 14.3. The van der Waals surface area contributed by atoms with Crippen LogP contribution in [-0.4, -0.2) is 50.8 Å². The van der Waals surface area contributed by atoms with E-state index in [1.165, 1.54) is 16.8 Å². The highest BCUT2D eigenvalue weighted by molar-refractivity contribution is 5.96. The number of carbonyl (C=O) groups is 1. The summed E-state index contributed by atoms with van der Waals surface area (Å²) < 4.78 is 5.40. The number of methoxy groups -OCH3 is 1. The second-order valence-electron chi connectivity index (χ2n) is 8.20. The van der Waals surface area contributed by atoms with Crippen LogP contribution in [0.15, 0.2) is 42.5 Å². The average Bonchev–Trinajstić information content (AvgIpc) is 3.21. The summed E-state index contributed by atoms with van der Waals surface area (Å²) in [6.45, 7) is 4.00. The highest BCUT2D eigenvalue weighted by Gasteiger charge is 2.19. The topological polar surface area (TPSA) is 61.8 Å². The number of fused-ring (bicyclic) bond motifs is 1. The minimum Gasteiger partial charge on any atom is -0.496 e. The Balaban J connectivity index is 0.00000272. The van der Waals surface area contributed by atoms with Crippen LogP contribution in [0.3, 0.4) is 0 Å². The minimum absolute atomic E-state index is 0. The summed E-state index contributed by atoms with van der Waals surface area (Å²) in [5, 5.41) is 12.5. The minimum atomic E-state index is 0. The van der Waals surface area contributed by atoms with Crippen LogP contribution in [0.5, 0.6) is 5.75 Å². The number of rotatable bonds is 14. The summed E-state index contributed by atoms with van der Waals surface area (Å²) in [4.78, 5) is 14.9. The van der Waals surface area contributed by atoms with Crippen LogP contribution in [0.25, 0.3) is 0 Å². The van der Waals surface area contributed by atoms with Gasteiger partial charge in [-0.3, -0.25) is 4.79 Å². The van der Waals surface area contributed by atoms with Gasteiger partial charge in [0.25, 0.3) is 0 Å². The number of hydrogen-bond donors (Lipinski definition) is 2. The molecule has 184 valence electrons. The number of anilines is 1. The number of para-hydroxylation sites is 1. The molecule has 5 nitrogen and oxygen atoms in total. The lowest BCUT2D eigenvalue weighted by Crippen LogP contribution is -2.22. The van der Waals surface area contributed by atoms with Crippen molar-refractivity contribution in [3.8, 4) is 5.75 Å². The molecule has 0 saturated carbocycles. The molecule has 0 unspecified atom stereocenters. The Morgan fingerprint density at radius 3 is 2.64 bits per heavy atom. The van der Waals surface area contributed by atoms with Crippen molar-refractivity contribution < 1.29 is 14.6 Å². The van der Waals surface area contributed by atoms with Gasteiger partial charge in [-0.1, -0.05) is 18.2 Å². The maximum Gasteiger partial charge on any atom is 0.162 e. The van der Waals surface area contributed by atoms with E-state index in [2.05, 4.69) is 34.5 Å². The maximum atomic E-state index is 12.6. The van der Waals surface area contributed by atoms with Crippen molar-refractivity contribution in [2.75, 3.05) is 44.8 Å². The SMILES string of the molecule is COc1ccccc1CCCNCCCCC(=O)c1ccc2c(c1)CCN2CCCO.Cl.Cl. The van der Waals surface area contributed by atoms with Crippen molar-refractivity contribution in [1.29, 1.82) is 0 Å². The summed E-state index contributed by atoms with van der Waals surface area (Å²) in [6.07, 6.45) is 6.39. The third-order valence-electron chi connectivity index (χ3n) is 5.98. The van der Waals surface area contributed by atoms with Gasteiger partial charge in [-0.15, -0.1) is 24.8 Å². The van der Waals surface area contributed by atoms with Gasteiger partial charge in [0.15, 0.2) is 5.78 Å². The molecule has 1 aliphatic heterocycles. The number of Topliss-reactive ketones (excluding diaryl/α,β-unsaturated/α-hetero) is 1. The molecule has 0 bridgehead atoms. The Bertz CT molecular complexity index is 848. The molecule has 0 radical (unpaired) electrons. The number of ketones is 1. The van der Waals surface area contributed by atoms with Crippen LogP contribution >= 0.6 is 24.8 Å². The van der Waals surface area contributed by atoms with E-state index in [0.717, 1.165) is 76.0 Å². The Kier molecular flexibility index (Phi) is 14.1. The zero-order valence-electron chi connectivity index (χ0n) is 19.6. The highest BCUT2D eigenvalue weighted by Crippen LogP contribution is 2.29. The Morgan fingerprint density at radius 2 is 1.85 bits per heavy atom. The van der Waals surface area contributed by atoms with E-state index in [-0.39, 0.29) is 37.2 Å². The molecule has 3 rings (SSSR count). The first-order valence-corrected chi connectivity index (χ1v) is 11.6. The van der Waals surface area contributed by atoms with Gasteiger partial charge in [-0.05, 0) is 87.0 Å². The number of nitrogens with one attached hydrogen (secondary N) is 1. The predicted molar refractivity (Wildman–Crippen MR) is 141 cm³/mol. The van der Waals surface area contributed by atoms with Crippen molar-refractivity contribution in [3.63, 3.8) is 0 Å². The van der Waals surface area contributed by atoms with Gasteiger partial charge in [-0.25, -0.2) is 0 Å². The number of halogens is 2. The van der Waals surface area contributed by atoms with Gasteiger partial charge in [0.05, 0.1) is 7.11 Å². The molecule has 1 aliphatic rings. The highest BCUT2D eigenvalue weighted by atomic mass is 35.5. The molecule has 0 spiro atoms. The van der Waals surface area contributed by atoms with Crippen LogP contribution in [0.2, 0.25) is 0 Å². The molecule has 0 atom stereocenters. The molecule has 2 aromatic carbocycles. The quantitative estimate of drug-likeness (QED) is 0.288. The summed E-state index contributed by atoms with van der Waals surface area (Å²) in [5.74, 6) is 1.21. The van der Waals surface area contributed by atoms with E-state index in [9.17, 15) is 4.79 Å². The zero-order chi connectivity index (χ0) is 21.9. The van der Waals surface area contributed by atoms with Gasteiger partial charge < -0.3 is 20.1 Å². The van der Waals surface area contributed by atoms with Gasteiger partial charge in [0.1, 0.15) is 5.75 Å². The second-order valence-corrected chi connectivity index (χ2v) is 8.20. The van der Waals surface area contributed by atoms with Crippen molar-refractivity contribution in [2.45, 2.75) is 44.9 Å². The molecular formula is C26H38Cl2N2O3. The fourth-order valence-electron chi connectivity index (χ4n) is 4.26. The number of aliphatic hydroxyl groups is 1. The lowest BCUT2D eigenvalue weighted by atomic mass is 10.0. The molecule has 1 heterocycles. The smallest absolute Gasteiger partial charge is 0.162 e. The summed E-state index contributed by atoms with van der Waals surface area (Å²) in [7, 11) is 1.72.